The highest BCUT2D eigenvalue weighted by atomic mass is 16.2. The number of nitrogens with zero attached hydrogens (tertiary/aromatic N) is 2. The quantitative estimate of drug-likeness (QED) is 0.640. The Hall–Kier alpha value is -2.94. The molecule has 0 bridgehead atoms. The monoisotopic (exact) mass is 344 g/mol. The number of amides is 1. The summed E-state index contributed by atoms with van der Waals surface area (Å²) in [7, 11) is 0. The van der Waals surface area contributed by atoms with E-state index in [1.165, 1.54) is 5.56 Å². The number of hydrogen-bond donors (Lipinski definition) is 0. The number of rotatable bonds is 7. The van der Waals surface area contributed by atoms with Crippen molar-refractivity contribution in [2.45, 2.75) is 19.3 Å². The Bertz CT molecular complexity index is 764. The van der Waals surface area contributed by atoms with Gasteiger partial charge in [0.15, 0.2) is 0 Å². The minimum absolute atomic E-state index is 0.152. The Balaban J connectivity index is 1.83. The van der Waals surface area contributed by atoms with Crippen LogP contribution in [0, 0.1) is 0 Å². The van der Waals surface area contributed by atoms with E-state index in [1.54, 1.807) is 12.4 Å². The number of carbonyl (C=O) groups excluding carboxylic acids is 1. The zero-order valence-corrected chi connectivity index (χ0v) is 15.1. The van der Waals surface area contributed by atoms with E-state index in [9.17, 15) is 4.79 Å². The van der Waals surface area contributed by atoms with Crippen molar-refractivity contribution in [2.75, 3.05) is 13.1 Å². The van der Waals surface area contributed by atoms with Crippen LogP contribution >= 0.6 is 0 Å². The van der Waals surface area contributed by atoms with E-state index < -0.39 is 0 Å². The summed E-state index contributed by atoms with van der Waals surface area (Å²) in [6.07, 6.45) is 4.42. The van der Waals surface area contributed by atoms with E-state index in [0.29, 0.717) is 13.1 Å². The van der Waals surface area contributed by atoms with Crippen molar-refractivity contribution >= 4 is 5.91 Å². The zero-order valence-electron chi connectivity index (χ0n) is 15.1. The molecule has 1 aromatic heterocycles. The van der Waals surface area contributed by atoms with Crippen LogP contribution in [-0.4, -0.2) is 28.9 Å². The van der Waals surface area contributed by atoms with Crippen LogP contribution in [0.1, 0.15) is 29.5 Å². The molecule has 0 fully saturated rings. The topological polar surface area (TPSA) is 33.2 Å². The van der Waals surface area contributed by atoms with Gasteiger partial charge in [-0.05, 0) is 42.2 Å². The minimum atomic E-state index is -0.269. The van der Waals surface area contributed by atoms with Gasteiger partial charge in [-0.25, -0.2) is 0 Å². The van der Waals surface area contributed by atoms with Gasteiger partial charge in [-0.3, -0.25) is 9.78 Å². The third kappa shape index (κ3) is 4.37. The van der Waals surface area contributed by atoms with Gasteiger partial charge in [-0.1, -0.05) is 60.7 Å². The van der Waals surface area contributed by atoms with E-state index in [-0.39, 0.29) is 11.8 Å². The molecule has 2 aromatic carbocycles. The average Bonchev–Trinajstić information content (AvgIpc) is 2.71. The van der Waals surface area contributed by atoms with Crippen LogP contribution in [0.4, 0.5) is 0 Å². The maximum absolute atomic E-state index is 13.4. The number of likely N-dealkylation sites (N-methyl/N-ethyl adjacent to an activating group) is 1. The van der Waals surface area contributed by atoms with Crippen LogP contribution in [0.5, 0.6) is 0 Å². The van der Waals surface area contributed by atoms with Crippen LogP contribution in [0.3, 0.4) is 0 Å². The van der Waals surface area contributed by atoms with Crippen molar-refractivity contribution in [3.8, 4) is 0 Å². The lowest BCUT2D eigenvalue weighted by Crippen LogP contribution is -2.37. The molecule has 0 unspecified atom stereocenters. The normalized spacial score (nSPS) is 10.7. The van der Waals surface area contributed by atoms with E-state index in [2.05, 4.69) is 4.98 Å². The van der Waals surface area contributed by atoms with Gasteiger partial charge in [0.1, 0.15) is 0 Å². The first-order valence-electron chi connectivity index (χ1n) is 9.07. The Morgan fingerprint density at radius 3 is 1.92 bits per heavy atom. The second-order valence-corrected chi connectivity index (χ2v) is 6.28. The fourth-order valence-corrected chi connectivity index (χ4v) is 3.19. The molecule has 0 aliphatic carbocycles. The van der Waals surface area contributed by atoms with Gasteiger partial charge in [-0.2, -0.15) is 0 Å². The fourth-order valence-electron chi connectivity index (χ4n) is 3.19. The highest BCUT2D eigenvalue weighted by molar-refractivity contribution is 5.87. The largest absolute Gasteiger partial charge is 0.342 e. The van der Waals surface area contributed by atoms with Gasteiger partial charge in [0.2, 0.25) is 5.91 Å². The van der Waals surface area contributed by atoms with E-state index in [4.69, 9.17) is 0 Å². The molecule has 1 amide bonds. The average molecular weight is 344 g/mol. The van der Waals surface area contributed by atoms with E-state index in [1.807, 2.05) is 84.6 Å². The van der Waals surface area contributed by atoms with Crippen molar-refractivity contribution in [3.05, 3.63) is 102 Å². The Kier molecular flexibility index (Phi) is 6.15. The van der Waals surface area contributed by atoms with Crippen molar-refractivity contribution in [1.82, 2.24) is 9.88 Å². The second kappa shape index (κ2) is 8.95. The molecule has 26 heavy (non-hydrogen) atoms. The summed E-state index contributed by atoms with van der Waals surface area (Å²) in [4.78, 5) is 19.4. The molecule has 3 aromatic rings. The first kappa shape index (κ1) is 17.9. The molecular weight excluding hydrogens is 320 g/mol. The maximum atomic E-state index is 13.4. The summed E-state index contributed by atoms with van der Waals surface area (Å²) in [5.74, 6) is -0.117. The number of pyridine rings is 1. The molecular formula is C23H24N2O. The lowest BCUT2D eigenvalue weighted by atomic mass is 9.90. The molecule has 0 atom stereocenters. The molecule has 0 saturated heterocycles. The molecule has 3 heteroatoms. The third-order valence-corrected chi connectivity index (χ3v) is 4.63. The number of hydrogen-bond acceptors (Lipinski definition) is 2. The van der Waals surface area contributed by atoms with Crippen LogP contribution in [0.15, 0.2) is 85.2 Å². The maximum Gasteiger partial charge on any atom is 0.234 e. The van der Waals surface area contributed by atoms with Crippen LogP contribution in [0.2, 0.25) is 0 Å². The van der Waals surface area contributed by atoms with E-state index in [0.717, 1.165) is 17.5 Å². The third-order valence-electron chi connectivity index (χ3n) is 4.63. The molecule has 132 valence electrons. The summed E-state index contributed by atoms with van der Waals surface area (Å²) in [6.45, 7) is 3.44. The van der Waals surface area contributed by atoms with Gasteiger partial charge < -0.3 is 4.90 Å². The molecule has 0 aliphatic heterocycles. The summed E-state index contributed by atoms with van der Waals surface area (Å²) in [6, 6.07) is 24.1. The number of carbonyl (C=O) groups is 1. The Labute approximate surface area is 155 Å². The highest BCUT2D eigenvalue weighted by Crippen LogP contribution is 2.27. The Morgan fingerprint density at radius 1 is 0.885 bits per heavy atom. The van der Waals surface area contributed by atoms with Crippen molar-refractivity contribution < 1.29 is 4.79 Å². The summed E-state index contributed by atoms with van der Waals surface area (Å²) < 4.78 is 0. The SMILES string of the molecule is CCN(CCc1ccncc1)C(=O)C(c1ccccc1)c1ccccc1. The summed E-state index contributed by atoms with van der Waals surface area (Å²) >= 11 is 0. The standard InChI is InChI=1S/C23H24N2O/c1-2-25(18-15-19-13-16-24-17-14-19)23(26)22(20-9-5-3-6-10-20)21-11-7-4-8-12-21/h3-14,16-17,22H,2,15,18H2,1H3. The lowest BCUT2D eigenvalue weighted by molar-refractivity contribution is -0.131. The van der Waals surface area contributed by atoms with E-state index >= 15 is 0 Å². The Morgan fingerprint density at radius 2 is 1.42 bits per heavy atom. The van der Waals surface area contributed by atoms with Gasteiger partial charge >= 0.3 is 0 Å². The second-order valence-electron chi connectivity index (χ2n) is 6.28. The highest BCUT2D eigenvalue weighted by Gasteiger charge is 2.26. The minimum Gasteiger partial charge on any atom is -0.342 e. The van der Waals surface area contributed by atoms with Crippen molar-refractivity contribution in [2.24, 2.45) is 0 Å². The molecule has 0 saturated carbocycles. The zero-order chi connectivity index (χ0) is 18.2. The van der Waals surface area contributed by atoms with Crippen molar-refractivity contribution in [3.63, 3.8) is 0 Å². The molecule has 3 nitrogen and oxygen atoms in total. The smallest absolute Gasteiger partial charge is 0.234 e. The van der Waals surface area contributed by atoms with Gasteiger partial charge in [0.05, 0.1) is 5.92 Å². The molecule has 1 heterocycles. The molecule has 0 aliphatic rings. The number of aromatic nitrogens is 1. The number of benzene rings is 2. The molecule has 0 radical (unpaired) electrons. The van der Waals surface area contributed by atoms with Crippen LogP contribution < -0.4 is 0 Å². The van der Waals surface area contributed by atoms with Gasteiger partial charge in [0.25, 0.3) is 0 Å². The summed E-state index contributed by atoms with van der Waals surface area (Å²) in [5.41, 5.74) is 3.26. The lowest BCUT2D eigenvalue weighted by Gasteiger charge is -2.27. The fraction of sp³-hybridized carbons (Fsp3) is 0.217. The van der Waals surface area contributed by atoms with Crippen LogP contribution in [-0.2, 0) is 11.2 Å². The van der Waals surface area contributed by atoms with Gasteiger partial charge in [-0.15, -0.1) is 0 Å². The predicted molar refractivity (Wildman–Crippen MR) is 105 cm³/mol. The first-order chi connectivity index (χ1) is 12.8. The van der Waals surface area contributed by atoms with Crippen LogP contribution in [0.25, 0.3) is 0 Å². The first-order valence-corrected chi connectivity index (χ1v) is 9.07. The molecule has 0 N–H and O–H groups in total. The molecule has 0 spiro atoms. The summed E-state index contributed by atoms with van der Waals surface area (Å²) in [5, 5.41) is 0. The van der Waals surface area contributed by atoms with Crippen molar-refractivity contribution in [1.29, 1.82) is 0 Å². The molecule has 3 rings (SSSR count). The van der Waals surface area contributed by atoms with Gasteiger partial charge in [0, 0.05) is 25.5 Å². The predicted octanol–water partition coefficient (Wildman–Crippen LogP) is 4.30.